The summed E-state index contributed by atoms with van der Waals surface area (Å²) in [6, 6.07) is 68.3. The molecule has 0 amide bonds. The summed E-state index contributed by atoms with van der Waals surface area (Å²) in [4.78, 5) is 2.38. The maximum atomic E-state index is 6.91. The molecule has 260 valence electrons. The minimum atomic E-state index is -0.115. The highest BCUT2D eigenvalue weighted by Gasteiger charge is 2.35. The largest absolute Gasteiger partial charge is 0.455 e. The summed E-state index contributed by atoms with van der Waals surface area (Å²) in [5, 5.41) is 7.03. The Kier molecular flexibility index (Phi) is 6.93. The van der Waals surface area contributed by atoms with Gasteiger partial charge in [-0.3, -0.25) is 0 Å². The Morgan fingerprint density at radius 2 is 1.00 bits per heavy atom. The summed E-state index contributed by atoms with van der Waals surface area (Å²) in [6.45, 7) is 4.69. The quantitative estimate of drug-likeness (QED) is 0.177. The van der Waals surface area contributed by atoms with Crippen molar-refractivity contribution in [3.05, 3.63) is 199 Å². The van der Waals surface area contributed by atoms with E-state index in [0.29, 0.717) is 0 Å². The van der Waals surface area contributed by atoms with Crippen molar-refractivity contribution in [2.75, 3.05) is 4.90 Å². The Morgan fingerprint density at radius 1 is 0.382 bits per heavy atom. The first-order valence-corrected chi connectivity index (χ1v) is 19.1. The van der Waals surface area contributed by atoms with Crippen molar-refractivity contribution in [2.45, 2.75) is 19.3 Å². The maximum absolute atomic E-state index is 6.91. The molecule has 9 aromatic carbocycles. The first kappa shape index (κ1) is 31.6. The van der Waals surface area contributed by atoms with Crippen LogP contribution in [0.2, 0.25) is 0 Å². The molecule has 0 saturated carbocycles. The Hall–Kier alpha value is -6.90. The molecule has 1 aromatic heterocycles. The van der Waals surface area contributed by atoms with Gasteiger partial charge in [-0.25, -0.2) is 0 Å². The van der Waals surface area contributed by atoms with Crippen LogP contribution in [-0.4, -0.2) is 0 Å². The summed E-state index contributed by atoms with van der Waals surface area (Å²) in [5.41, 5.74) is 15.1. The highest BCUT2D eigenvalue weighted by molar-refractivity contribution is 6.20. The molecule has 0 atom stereocenters. The molecule has 1 aliphatic rings. The van der Waals surface area contributed by atoms with Crippen LogP contribution >= 0.6 is 0 Å². The molecule has 2 nitrogen and oxygen atoms in total. The molecule has 55 heavy (non-hydrogen) atoms. The van der Waals surface area contributed by atoms with E-state index in [-0.39, 0.29) is 5.41 Å². The van der Waals surface area contributed by atoms with Crippen molar-refractivity contribution in [2.24, 2.45) is 0 Å². The van der Waals surface area contributed by atoms with Gasteiger partial charge in [0.15, 0.2) is 0 Å². The Labute approximate surface area is 320 Å². The topological polar surface area (TPSA) is 16.4 Å². The van der Waals surface area contributed by atoms with Crippen molar-refractivity contribution < 1.29 is 4.42 Å². The fourth-order valence-corrected chi connectivity index (χ4v) is 9.12. The van der Waals surface area contributed by atoms with Gasteiger partial charge >= 0.3 is 0 Å². The lowest BCUT2D eigenvalue weighted by atomic mass is 9.82. The van der Waals surface area contributed by atoms with Gasteiger partial charge in [-0.05, 0) is 103 Å². The van der Waals surface area contributed by atoms with Crippen LogP contribution in [0.3, 0.4) is 0 Å². The zero-order valence-electron chi connectivity index (χ0n) is 30.8. The predicted octanol–water partition coefficient (Wildman–Crippen LogP) is 15.0. The molecule has 0 fully saturated rings. The van der Waals surface area contributed by atoms with Gasteiger partial charge in [0.2, 0.25) is 0 Å². The lowest BCUT2D eigenvalue weighted by Crippen LogP contribution is -2.16. The number of hydrogen-bond donors (Lipinski definition) is 0. The van der Waals surface area contributed by atoms with Crippen molar-refractivity contribution in [3.63, 3.8) is 0 Å². The minimum Gasteiger partial charge on any atom is -0.455 e. The van der Waals surface area contributed by atoms with Crippen LogP contribution in [-0.2, 0) is 5.41 Å². The molecule has 0 N–H and O–H groups in total. The first-order chi connectivity index (χ1) is 27.0. The predicted molar refractivity (Wildman–Crippen MR) is 232 cm³/mol. The second-order valence-electron chi connectivity index (χ2n) is 15.3. The van der Waals surface area contributed by atoms with E-state index in [0.717, 1.165) is 44.4 Å². The molecule has 0 radical (unpaired) electrons. The number of anilines is 3. The molecular weight excluding hydrogens is 667 g/mol. The molecule has 0 unspecified atom stereocenters. The normalized spacial score (nSPS) is 13.1. The molecule has 0 spiro atoms. The van der Waals surface area contributed by atoms with E-state index in [4.69, 9.17) is 4.42 Å². The van der Waals surface area contributed by atoms with Crippen molar-refractivity contribution >= 4 is 60.5 Å². The van der Waals surface area contributed by atoms with E-state index >= 15 is 0 Å². The van der Waals surface area contributed by atoms with E-state index < -0.39 is 0 Å². The molecule has 0 saturated heterocycles. The average Bonchev–Trinajstić information content (AvgIpc) is 3.72. The molecule has 1 aliphatic carbocycles. The molecular formula is C53H37NO. The van der Waals surface area contributed by atoms with Crippen molar-refractivity contribution in [1.29, 1.82) is 0 Å². The van der Waals surface area contributed by atoms with Crippen LogP contribution in [0.15, 0.2) is 192 Å². The molecule has 1 heterocycles. The van der Waals surface area contributed by atoms with Crippen molar-refractivity contribution in [3.8, 4) is 33.4 Å². The molecule has 0 bridgehead atoms. The summed E-state index contributed by atoms with van der Waals surface area (Å²) in [5.74, 6) is 0. The Balaban J connectivity index is 1.10. The average molecular weight is 704 g/mol. The number of hydrogen-bond acceptors (Lipinski definition) is 2. The number of furan rings is 1. The summed E-state index contributed by atoms with van der Waals surface area (Å²) < 4.78 is 6.91. The van der Waals surface area contributed by atoms with Crippen LogP contribution in [0, 0.1) is 0 Å². The summed E-state index contributed by atoms with van der Waals surface area (Å²) >= 11 is 0. The van der Waals surface area contributed by atoms with Gasteiger partial charge in [0, 0.05) is 44.7 Å². The van der Waals surface area contributed by atoms with Crippen LogP contribution in [0.5, 0.6) is 0 Å². The zero-order valence-corrected chi connectivity index (χ0v) is 30.8. The lowest BCUT2D eigenvalue weighted by molar-refractivity contribution is 0.660. The summed E-state index contributed by atoms with van der Waals surface area (Å²) in [7, 11) is 0. The third-order valence-corrected chi connectivity index (χ3v) is 11.9. The van der Waals surface area contributed by atoms with Crippen LogP contribution in [0.25, 0.3) is 76.9 Å². The van der Waals surface area contributed by atoms with Gasteiger partial charge in [-0.15, -0.1) is 0 Å². The molecule has 10 aromatic rings. The highest BCUT2D eigenvalue weighted by Crippen LogP contribution is 2.51. The molecule has 11 rings (SSSR count). The number of rotatable bonds is 5. The second kappa shape index (κ2) is 12.1. The monoisotopic (exact) mass is 703 g/mol. The van der Waals surface area contributed by atoms with Crippen molar-refractivity contribution in [1.82, 2.24) is 0 Å². The van der Waals surface area contributed by atoms with Gasteiger partial charge < -0.3 is 9.32 Å². The van der Waals surface area contributed by atoms with Crippen LogP contribution in [0.4, 0.5) is 17.1 Å². The van der Waals surface area contributed by atoms with Gasteiger partial charge in [0.1, 0.15) is 11.2 Å². The lowest BCUT2D eigenvalue weighted by Gasteiger charge is -2.28. The maximum Gasteiger partial charge on any atom is 0.143 e. The Bertz CT molecular complexity index is 3110. The van der Waals surface area contributed by atoms with Gasteiger partial charge in [0.05, 0.1) is 0 Å². The van der Waals surface area contributed by atoms with E-state index in [1.807, 2.05) is 0 Å². The van der Waals surface area contributed by atoms with E-state index in [1.165, 1.54) is 60.7 Å². The van der Waals surface area contributed by atoms with E-state index in [2.05, 4.69) is 207 Å². The highest BCUT2D eigenvalue weighted by atomic mass is 16.3. The fraction of sp³-hybridized carbons (Fsp3) is 0.0566. The van der Waals surface area contributed by atoms with Crippen LogP contribution in [0.1, 0.15) is 25.0 Å². The van der Waals surface area contributed by atoms with Gasteiger partial charge in [0.25, 0.3) is 0 Å². The van der Waals surface area contributed by atoms with Gasteiger partial charge in [-0.1, -0.05) is 153 Å². The molecule has 0 aliphatic heterocycles. The third kappa shape index (κ3) is 4.88. The second-order valence-corrected chi connectivity index (χ2v) is 15.3. The fourth-order valence-electron chi connectivity index (χ4n) is 9.12. The minimum absolute atomic E-state index is 0.115. The standard InChI is InChI=1S/C53H37NO/c1-53(2)49-22-11-10-19-43(49)44-29-27-38(31-50(44)53)54(37-25-23-35(24-26-37)34-13-4-3-5-14-34)39-28-30-45-48-33-47(41-21-12-16-36-15-6-7-17-40(36)41)42-18-8-9-20-46(42)52(48)55-51(45)32-39/h3-33H,1-2H3. The van der Waals surface area contributed by atoms with Crippen LogP contribution < -0.4 is 4.90 Å². The summed E-state index contributed by atoms with van der Waals surface area (Å²) in [6.07, 6.45) is 0. The molecule has 2 heteroatoms. The van der Waals surface area contributed by atoms with E-state index in [1.54, 1.807) is 0 Å². The number of nitrogens with zero attached hydrogens (tertiary/aromatic N) is 1. The first-order valence-electron chi connectivity index (χ1n) is 19.1. The van der Waals surface area contributed by atoms with E-state index in [9.17, 15) is 0 Å². The Morgan fingerprint density at radius 3 is 1.85 bits per heavy atom. The smallest absolute Gasteiger partial charge is 0.143 e. The zero-order chi connectivity index (χ0) is 36.7. The third-order valence-electron chi connectivity index (χ3n) is 11.9. The SMILES string of the molecule is CC1(C)c2ccccc2-c2ccc(N(c3ccc(-c4ccccc4)cc3)c3ccc4c(c3)oc3c5ccccc5c(-c5cccc6ccccc56)cc43)cc21. The number of fused-ring (bicyclic) bond motifs is 9. The van der Waals surface area contributed by atoms with Gasteiger partial charge in [-0.2, -0.15) is 0 Å². The number of benzene rings is 9.